The van der Waals surface area contributed by atoms with Crippen LogP contribution in [0.15, 0.2) is 35.5 Å². The molecule has 1 fully saturated rings. The van der Waals surface area contributed by atoms with E-state index in [1.165, 1.54) is 6.42 Å². The van der Waals surface area contributed by atoms with E-state index in [0.29, 0.717) is 16.3 Å². The molecule has 1 aromatic carbocycles. The van der Waals surface area contributed by atoms with Gasteiger partial charge in [0.2, 0.25) is 0 Å². The molecule has 0 spiro atoms. The van der Waals surface area contributed by atoms with Crippen LogP contribution in [0.2, 0.25) is 5.02 Å². The van der Waals surface area contributed by atoms with E-state index in [1.54, 1.807) is 29.5 Å². The van der Waals surface area contributed by atoms with E-state index in [1.807, 2.05) is 12.1 Å². The zero-order chi connectivity index (χ0) is 20.4. The van der Waals surface area contributed by atoms with Gasteiger partial charge in [0.25, 0.3) is 0 Å². The number of hydrogen-bond acceptors (Lipinski definition) is 3. The maximum absolute atomic E-state index is 13.6. The second-order valence-corrected chi connectivity index (χ2v) is 8.05. The smallest absolute Gasteiger partial charge is 0.163 e. The molecule has 1 aliphatic heterocycles. The molecule has 1 unspecified atom stereocenters. The number of allylic oxidation sites excluding steroid dienone is 1. The first-order valence-electron chi connectivity index (χ1n) is 10.0. The van der Waals surface area contributed by atoms with Crippen LogP contribution in [0.1, 0.15) is 55.6 Å². The first-order chi connectivity index (χ1) is 14.2. The van der Waals surface area contributed by atoms with Crippen LogP contribution in [-0.4, -0.2) is 35.1 Å². The molecule has 1 aromatic heterocycles. The van der Waals surface area contributed by atoms with Crippen LogP contribution < -0.4 is 0 Å². The number of aromatic nitrogens is 1. The Balaban J connectivity index is 1.96. The molecule has 2 aromatic rings. The van der Waals surface area contributed by atoms with Gasteiger partial charge in [-0.3, -0.25) is 4.99 Å². The summed E-state index contributed by atoms with van der Waals surface area (Å²) in [5, 5.41) is 11.4. The molecule has 0 N–H and O–H groups in total. The number of rotatable bonds is 5. The third-order valence-corrected chi connectivity index (χ3v) is 6.17. The summed E-state index contributed by atoms with van der Waals surface area (Å²) in [5.74, 6) is 0. The van der Waals surface area contributed by atoms with Crippen LogP contribution in [0.4, 0.5) is 8.78 Å². The molecule has 2 aliphatic rings. The van der Waals surface area contributed by atoms with Crippen molar-refractivity contribution in [2.24, 2.45) is 4.99 Å². The Morgan fingerprint density at radius 2 is 1.97 bits per heavy atom. The van der Waals surface area contributed by atoms with E-state index in [9.17, 15) is 14.0 Å². The van der Waals surface area contributed by atoms with Gasteiger partial charge in [0.1, 0.15) is 19.4 Å². The molecule has 4 nitrogen and oxygen atoms in total. The van der Waals surface area contributed by atoms with Gasteiger partial charge in [0.05, 0.1) is 22.8 Å². The van der Waals surface area contributed by atoms with Crippen LogP contribution in [0.25, 0.3) is 10.9 Å². The summed E-state index contributed by atoms with van der Waals surface area (Å²) >= 11 is 6.30. The Morgan fingerprint density at radius 1 is 1.21 bits per heavy atom. The summed E-state index contributed by atoms with van der Waals surface area (Å²) in [4.78, 5) is 6.15. The van der Waals surface area contributed by atoms with Crippen molar-refractivity contribution < 1.29 is 8.78 Å². The molecule has 1 saturated carbocycles. The molecule has 29 heavy (non-hydrogen) atoms. The van der Waals surface area contributed by atoms with Gasteiger partial charge in [-0.25, -0.2) is 8.78 Å². The van der Waals surface area contributed by atoms with Crippen molar-refractivity contribution in [3.63, 3.8) is 0 Å². The molecule has 1 aliphatic carbocycles. The SMILES string of the molecule is N#Cc1c(C2N=CC=CN2C(CF)CF)n(C2CCCCC2)c2cc(Cl)ccc12. The number of nitrogens with zero attached hydrogens (tertiary/aromatic N) is 4. The van der Waals surface area contributed by atoms with Crippen LogP contribution in [0, 0.1) is 11.3 Å². The van der Waals surface area contributed by atoms with E-state index < -0.39 is 25.6 Å². The Labute approximate surface area is 174 Å². The molecule has 0 radical (unpaired) electrons. The summed E-state index contributed by atoms with van der Waals surface area (Å²) < 4.78 is 29.3. The molecule has 0 saturated heterocycles. The standard InChI is InChI=1S/C22H23ClF2N4/c23-15-7-8-18-19(14-26)21(22-27-9-4-10-28(22)17(12-24)13-25)29(20(18)11-15)16-5-2-1-3-6-16/h4,7-11,16-17,22H,1-3,5-6,12-13H2. The Morgan fingerprint density at radius 3 is 2.66 bits per heavy atom. The first-order valence-corrected chi connectivity index (χ1v) is 10.4. The highest BCUT2D eigenvalue weighted by molar-refractivity contribution is 6.31. The van der Waals surface area contributed by atoms with E-state index in [2.05, 4.69) is 15.6 Å². The lowest BCUT2D eigenvalue weighted by molar-refractivity contribution is 0.141. The number of halogens is 3. The maximum Gasteiger partial charge on any atom is 0.163 e. The van der Waals surface area contributed by atoms with Crippen LogP contribution >= 0.6 is 11.6 Å². The number of nitriles is 1. The van der Waals surface area contributed by atoms with Gasteiger partial charge >= 0.3 is 0 Å². The molecule has 0 amide bonds. The van der Waals surface area contributed by atoms with E-state index in [0.717, 1.165) is 36.6 Å². The number of benzene rings is 1. The van der Waals surface area contributed by atoms with Gasteiger partial charge < -0.3 is 9.47 Å². The quantitative estimate of drug-likeness (QED) is 0.611. The maximum atomic E-state index is 13.6. The van der Waals surface area contributed by atoms with Gasteiger partial charge in [-0.1, -0.05) is 36.9 Å². The largest absolute Gasteiger partial charge is 0.343 e. The lowest BCUT2D eigenvalue weighted by Gasteiger charge is -2.36. The summed E-state index contributed by atoms with van der Waals surface area (Å²) in [7, 11) is 0. The fourth-order valence-electron chi connectivity index (χ4n) is 4.57. The van der Waals surface area contributed by atoms with Gasteiger partial charge in [-0.15, -0.1) is 0 Å². The minimum atomic E-state index is -0.943. The van der Waals surface area contributed by atoms with Crippen molar-refractivity contribution in [3.05, 3.63) is 46.8 Å². The predicted molar refractivity (Wildman–Crippen MR) is 112 cm³/mol. The monoisotopic (exact) mass is 416 g/mol. The topological polar surface area (TPSA) is 44.3 Å². The van der Waals surface area contributed by atoms with Crippen molar-refractivity contribution >= 4 is 28.7 Å². The fraction of sp³-hybridized carbons (Fsp3) is 0.455. The number of alkyl halides is 2. The van der Waals surface area contributed by atoms with Crippen molar-refractivity contribution in [2.45, 2.75) is 50.4 Å². The lowest BCUT2D eigenvalue weighted by atomic mass is 9.94. The highest BCUT2D eigenvalue weighted by Gasteiger charge is 2.34. The van der Waals surface area contributed by atoms with Gasteiger partial charge in [0, 0.05) is 28.9 Å². The van der Waals surface area contributed by atoms with Crippen LogP contribution in [0.3, 0.4) is 0 Å². The Hall–Kier alpha value is -2.39. The molecule has 4 rings (SSSR count). The highest BCUT2D eigenvalue weighted by Crippen LogP contribution is 2.41. The van der Waals surface area contributed by atoms with E-state index in [-0.39, 0.29) is 6.04 Å². The van der Waals surface area contributed by atoms with Gasteiger partial charge in [0.15, 0.2) is 6.17 Å². The number of hydrogen-bond donors (Lipinski definition) is 0. The predicted octanol–water partition coefficient (Wildman–Crippen LogP) is 5.88. The van der Waals surface area contributed by atoms with Crippen molar-refractivity contribution in [1.82, 2.24) is 9.47 Å². The van der Waals surface area contributed by atoms with Crippen LogP contribution in [0.5, 0.6) is 0 Å². The van der Waals surface area contributed by atoms with E-state index in [4.69, 9.17) is 11.6 Å². The summed E-state index contributed by atoms with van der Waals surface area (Å²) in [6.45, 7) is -1.66. The summed E-state index contributed by atoms with van der Waals surface area (Å²) in [5.41, 5.74) is 2.09. The first kappa shape index (κ1) is 19.9. The highest BCUT2D eigenvalue weighted by atomic mass is 35.5. The van der Waals surface area contributed by atoms with Crippen molar-refractivity contribution in [1.29, 1.82) is 5.26 Å². The third-order valence-electron chi connectivity index (χ3n) is 5.93. The normalized spacial score (nSPS) is 20.0. The second kappa shape index (κ2) is 8.54. The van der Waals surface area contributed by atoms with Crippen LogP contribution in [-0.2, 0) is 0 Å². The fourth-order valence-corrected chi connectivity index (χ4v) is 4.74. The van der Waals surface area contributed by atoms with Gasteiger partial charge in [-0.2, -0.15) is 5.26 Å². The molecule has 0 bridgehead atoms. The molecule has 152 valence electrons. The average Bonchev–Trinajstić information content (AvgIpc) is 3.08. The summed E-state index contributed by atoms with van der Waals surface area (Å²) in [6, 6.07) is 7.10. The molecule has 1 atom stereocenters. The average molecular weight is 417 g/mol. The number of fused-ring (bicyclic) bond motifs is 1. The van der Waals surface area contributed by atoms with E-state index >= 15 is 0 Å². The minimum absolute atomic E-state index is 0.207. The van der Waals surface area contributed by atoms with Crippen molar-refractivity contribution in [2.75, 3.05) is 13.3 Å². The Kier molecular flexibility index (Phi) is 5.86. The lowest BCUT2D eigenvalue weighted by Crippen LogP contribution is -2.39. The Bertz CT molecular complexity index is 981. The molecule has 2 heterocycles. The summed E-state index contributed by atoms with van der Waals surface area (Å²) in [6.07, 6.45) is 9.73. The van der Waals surface area contributed by atoms with Crippen molar-refractivity contribution in [3.8, 4) is 6.07 Å². The molecular weight excluding hydrogens is 394 g/mol. The third kappa shape index (κ3) is 3.53. The molecule has 7 heteroatoms. The zero-order valence-corrected chi connectivity index (χ0v) is 16.8. The number of aliphatic imine (C=N–C) groups is 1. The zero-order valence-electron chi connectivity index (χ0n) is 16.1. The second-order valence-electron chi connectivity index (χ2n) is 7.62. The minimum Gasteiger partial charge on any atom is -0.343 e. The van der Waals surface area contributed by atoms with Gasteiger partial charge in [-0.05, 0) is 31.1 Å². The molecular formula is C22H23ClF2N4.